The van der Waals surface area contributed by atoms with Gasteiger partial charge >= 0.3 is 0 Å². The summed E-state index contributed by atoms with van der Waals surface area (Å²) in [5.41, 5.74) is 2.67. The number of aryl methyl sites for hydroxylation is 1. The Bertz CT molecular complexity index is 1060. The fourth-order valence-corrected chi connectivity index (χ4v) is 5.54. The lowest BCUT2D eigenvalue weighted by Crippen LogP contribution is -2.19. The van der Waals surface area contributed by atoms with E-state index in [1.54, 1.807) is 6.07 Å². The van der Waals surface area contributed by atoms with Crippen LogP contribution in [0, 0.1) is 12.5 Å². The minimum absolute atomic E-state index is 0.00174. The molecule has 0 bridgehead atoms. The first-order chi connectivity index (χ1) is 15.7. The molecule has 0 aromatic heterocycles. The summed E-state index contributed by atoms with van der Waals surface area (Å²) in [6.07, 6.45) is 4.17. The monoisotopic (exact) mass is 471 g/mol. The van der Waals surface area contributed by atoms with Crippen molar-refractivity contribution >= 4 is 10.1 Å². The van der Waals surface area contributed by atoms with Gasteiger partial charge < -0.3 is 15.1 Å². The summed E-state index contributed by atoms with van der Waals surface area (Å²) in [5.74, 6) is -0.145. The Morgan fingerprint density at radius 3 is 2.52 bits per heavy atom. The molecule has 2 aromatic rings. The van der Waals surface area contributed by atoms with E-state index in [1.165, 1.54) is 12.1 Å². The maximum absolute atomic E-state index is 11.4. The maximum Gasteiger partial charge on any atom is 0.294 e. The SMILES string of the molecule is [C-]#[N+][C@@H]1C[C@@H](O)C(c2ccc(C(O)CCCC)cc2)C1CCCc1cccc(S(=O)(=O)O)c1. The smallest absolute Gasteiger partial charge is 0.294 e. The molecule has 1 aliphatic carbocycles. The van der Waals surface area contributed by atoms with Crippen molar-refractivity contribution in [3.05, 3.63) is 76.6 Å². The van der Waals surface area contributed by atoms with E-state index in [9.17, 15) is 23.2 Å². The van der Waals surface area contributed by atoms with Gasteiger partial charge in [-0.3, -0.25) is 4.55 Å². The number of hydrogen-bond donors (Lipinski definition) is 3. The molecule has 3 unspecified atom stereocenters. The molecule has 7 heteroatoms. The first-order valence-corrected chi connectivity index (χ1v) is 13.1. The van der Waals surface area contributed by atoms with E-state index < -0.39 is 22.3 Å². The molecule has 178 valence electrons. The Kier molecular flexibility index (Phi) is 8.66. The van der Waals surface area contributed by atoms with Crippen LogP contribution in [0.1, 0.15) is 74.2 Å². The molecule has 1 saturated carbocycles. The Morgan fingerprint density at radius 1 is 1.15 bits per heavy atom. The minimum atomic E-state index is -4.24. The van der Waals surface area contributed by atoms with Gasteiger partial charge in [0.05, 0.1) is 17.1 Å². The molecular weight excluding hydrogens is 438 g/mol. The quantitative estimate of drug-likeness (QED) is 0.337. The number of unbranched alkanes of at least 4 members (excludes halogenated alkanes) is 1. The molecular formula is C26H33NO5S. The van der Waals surface area contributed by atoms with Crippen LogP contribution in [0.2, 0.25) is 0 Å². The Morgan fingerprint density at radius 2 is 1.88 bits per heavy atom. The maximum atomic E-state index is 11.4. The lowest BCUT2D eigenvalue weighted by atomic mass is 9.82. The number of nitrogens with zero attached hydrogens (tertiary/aromatic N) is 1. The molecule has 1 fully saturated rings. The molecule has 0 aliphatic heterocycles. The van der Waals surface area contributed by atoms with Crippen molar-refractivity contribution in [2.24, 2.45) is 5.92 Å². The highest BCUT2D eigenvalue weighted by Gasteiger charge is 2.46. The molecule has 3 N–H and O–H groups in total. The molecule has 5 atom stereocenters. The highest BCUT2D eigenvalue weighted by molar-refractivity contribution is 7.85. The number of rotatable bonds is 10. The van der Waals surface area contributed by atoms with Crippen molar-refractivity contribution in [3.8, 4) is 0 Å². The molecule has 0 amide bonds. The van der Waals surface area contributed by atoms with Crippen molar-refractivity contribution in [3.63, 3.8) is 0 Å². The van der Waals surface area contributed by atoms with Crippen molar-refractivity contribution < 1.29 is 23.2 Å². The molecule has 0 radical (unpaired) electrons. The van der Waals surface area contributed by atoms with E-state index in [2.05, 4.69) is 11.8 Å². The van der Waals surface area contributed by atoms with Crippen LogP contribution in [-0.4, -0.2) is 35.3 Å². The van der Waals surface area contributed by atoms with Crippen LogP contribution in [0.3, 0.4) is 0 Å². The van der Waals surface area contributed by atoms with E-state index in [-0.39, 0.29) is 22.8 Å². The second-order valence-corrected chi connectivity index (χ2v) is 10.5. The predicted octanol–water partition coefficient (Wildman–Crippen LogP) is 4.93. The van der Waals surface area contributed by atoms with Gasteiger partial charge in [-0.1, -0.05) is 56.2 Å². The van der Waals surface area contributed by atoms with Crippen molar-refractivity contribution in [1.82, 2.24) is 0 Å². The van der Waals surface area contributed by atoms with E-state index in [0.29, 0.717) is 12.8 Å². The zero-order chi connectivity index (χ0) is 24.0. The van der Waals surface area contributed by atoms with E-state index >= 15 is 0 Å². The third-order valence-electron chi connectivity index (χ3n) is 6.76. The summed E-state index contributed by atoms with van der Waals surface area (Å²) in [5, 5.41) is 21.1. The van der Waals surface area contributed by atoms with Gasteiger partial charge in [-0.25, -0.2) is 6.57 Å². The second kappa shape index (κ2) is 11.3. The Labute approximate surface area is 196 Å². The average Bonchev–Trinajstić information content (AvgIpc) is 3.12. The molecule has 2 aromatic carbocycles. The van der Waals surface area contributed by atoms with Crippen LogP contribution in [0.25, 0.3) is 4.85 Å². The highest BCUT2D eigenvalue weighted by atomic mass is 32.2. The van der Waals surface area contributed by atoms with Gasteiger partial charge in [0, 0.05) is 18.3 Å². The number of hydrogen-bond acceptors (Lipinski definition) is 4. The van der Waals surface area contributed by atoms with E-state index in [0.717, 1.165) is 48.8 Å². The van der Waals surface area contributed by atoms with Gasteiger partial charge in [0.2, 0.25) is 6.04 Å². The standard InChI is InChI=1S/C26H33NO5S/c1-3-4-11-24(28)19-12-14-20(15-13-19)26-22(23(27-2)17-25(26)29)10-6-8-18-7-5-9-21(16-18)33(30,31)32/h5,7,9,12-16,22-26,28-29H,3-4,6,8,10-11,17H2,1H3,(H,30,31,32)/t22?,23-,24?,25-,26?/m1/s1. The van der Waals surface area contributed by atoms with Gasteiger partial charge in [-0.2, -0.15) is 8.42 Å². The first kappa shape index (κ1) is 25.4. The summed E-state index contributed by atoms with van der Waals surface area (Å²) in [6, 6.07) is 13.8. The van der Waals surface area contributed by atoms with Crippen LogP contribution < -0.4 is 0 Å². The van der Waals surface area contributed by atoms with Gasteiger partial charge in [0.1, 0.15) is 0 Å². The molecule has 0 heterocycles. The van der Waals surface area contributed by atoms with Gasteiger partial charge in [-0.15, -0.1) is 0 Å². The molecule has 3 rings (SSSR count). The second-order valence-electron chi connectivity index (χ2n) is 9.03. The number of aliphatic hydroxyl groups is 2. The van der Waals surface area contributed by atoms with Crippen molar-refractivity contribution in [2.75, 3.05) is 0 Å². The topological polar surface area (TPSA) is 99.2 Å². The zero-order valence-corrected chi connectivity index (χ0v) is 19.8. The molecule has 6 nitrogen and oxygen atoms in total. The van der Waals surface area contributed by atoms with Gasteiger partial charge in [0.25, 0.3) is 10.1 Å². The van der Waals surface area contributed by atoms with Crippen LogP contribution in [0.4, 0.5) is 0 Å². The van der Waals surface area contributed by atoms with Crippen molar-refractivity contribution in [1.29, 1.82) is 0 Å². The predicted molar refractivity (Wildman–Crippen MR) is 127 cm³/mol. The third kappa shape index (κ3) is 6.42. The zero-order valence-electron chi connectivity index (χ0n) is 19.0. The van der Waals surface area contributed by atoms with E-state index in [1.807, 2.05) is 30.3 Å². The van der Waals surface area contributed by atoms with Gasteiger partial charge in [0.15, 0.2) is 0 Å². The molecule has 0 saturated heterocycles. The number of aliphatic hydroxyl groups excluding tert-OH is 2. The van der Waals surface area contributed by atoms with Gasteiger partial charge in [-0.05, 0) is 54.5 Å². The highest BCUT2D eigenvalue weighted by Crippen LogP contribution is 2.44. The van der Waals surface area contributed by atoms with E-state index in [4.69, 9.17) is 6.57 Å². The largest absolute Gasteiger partial charge is 0.392 e. The summed E-state index contributed by atoms with van der Waals surface area (Å²) >= 11 is 0. The molecule has 33 heavy (non-hydrogen) atoms. The van der Waals surface area contributed by atoms with Crippen LogP contribution in [0.5, 0.6) is 0 Å². The normalized spacial score (nSPS) is 23.8. The third-order valence-corrected chi connectivity index (χ3v) is 7.60. The summed E-state index contributed by atoms with van der Waals surface area (Å²) in [4.78, 5) is 3.67. The Hall–Kier alpha value is -2.24. The lowest BCUT2D eigenvalue weighted by molar-refractivity contribution is 0.153. The van der Waals surface area contributed by atoms with Crippen LogP contribution in [-0.2, 0) is 16.5 Å². The average molecular weight is 472 g/mol. The summed E-state index contributed by atoms with van der Waals surface area (Å²) in [6.45, 7) is 9.70. The number of benzene rings is 2. The van der Waals surface area contributed by atoms with Crippen molar-refractivity contribution in [2.45, 2.75) is 80.9 Å². The summed E-state index contributed by atoms with van der Waals surface area (Å²) in [7, 11) is -4.24. The first-order valence-electron chi connectivity index (χ1n) is 11.6. The molecule has 1 aliphatic rings. The Balaban J connectivity index is 1.70. The fourth-order valence-electron chi connectivity index (χ4n) is 4.99. The fraction of sp³-hybridized carbons (Fsp3) is 0.500. The van der Waals surface area contributed by atoms with Crippen LogP contribution >= 0.6 is 0 Å². The minimum Gasteiger partial charge on any atom is -0.392 e. The summed E-state index contributed by atoms with van der Waals surface area (Å²) < 4.78 is 32.0. The lowest BCUT2D eigenvalue weighted by Gasteiger charge is -2.23. The van der Waals surface area contributed by atoms with Crippen LogP contribution in [0.15, 0.2) is 53.4 Å². The molecule has 0 spiro atoms.